The first kappa shape index (κ1) is 12.6. The second-order valence-electron chi connectivity index (χ2n) is 5.80. The van der Waals surface area contributed by atoms with Crippen LogP contribution < -0.4 is 11.5 Å². The highest BCUT2D eigenvalue weighted by Gasteiger charge is 2.21. The van der Waals surface area contributed by atoms with Crippen molar-refractivity contribution in [3.05, 3.63) is 6.33 Å². The number of nitrogen functional groups attached to an aromatic ring is 2. The highest BCUT2D eigenvalue weighted by atomic mass is 15.2. The molecule has 98 valence electrons. The van der Waals surface area contributed by atoms with Gasteiger partial charge < -0.3 is 16.0 Å². The molecule has 0 spiro atoms. The standard InChI is InChI=1S/C12H20N6/c1-7(12(2,3)4)5-18-6-15-8-9(13)16-11(14)17-10(8)18/h6-7H,5H2,1-4H3,(H4,13,14,16,17). The molecule has 1 atom stereocenters. The summed E-state index contributed by atoms with van der Waals surface area (Å²) in [4.78, 5) is 12.4. The third-order valence-electron chi connectivity index (χ3n) is 3.46. The molecular formula is C12H20N6. The summed E-state index contributed by atoms with van der Waals surface area (Å²) >= 11 is 0. The van der Waals surface area contributed by atoms with Gasteiger partial charge in [0.2, 0.25) is 5.95 Å². The van der Waals surface area contributed by atoms with Crippen LogP contribution >= 0.6 is 0 Å². The fraction of sp³-hybridized carbons (Fsp3) is 0.583. The number of hydrogen-bond acceptors (Lipinski definition) is 5. The van der Waals surface area contributed by atoms with Crippen LogP contribution in [0.2, 0.25) is 0 Å². The van der Waals surface area contributed by atoms with E-state index in [0.717, 1.165) is 6.54 Å². The summed E-state index contributed by atoms with van der Waals surface area (Å²) in [6.07, 6.45) is 1.75. The summed E-state index contributed by atoms with van der Waals surface area (Å²) in [7, 11) is 0. The highest BCUT2D eigenvalue weighted by Crippen LogP contribution is 2.28. The molecule has 0 bridgehead atoms. The average molecular weight is 248 g/mol. The van der Waals surface area contributed by atoms with E-state index in [0.29, 0.717) is 22.9 Å². The molecule has 0 radical (unpaired) electrons. The molecule has 2 aromatic heterocycles. The first-order valence-corrected chi connectivity index (χ1v) is 6.03. The van der Waals surface area contributed by atoms with Crippen LogP contribution in [0.1, 0.15) is 27.7 Å². The quantitative estimate of drug-likeness (QED) is 0.842. The molecule has 0 fully saturated rings. The number of anilines is 2. The van der Waals surface area contributed by atoms with E-state index in [1.54, 1.807) is 6.33 Å². The normalized spacial score (nSPS) is 14.0. The molecule has 0 aliphatic carbocycles. The lowest BCUT2D eigenvalue weighted by Crippen LogP contribution is -2.22. The van der Waals surface area contributed by atoms with Gasteiger partial charge in [0, 0.05) is 6.54 Å². The fourth-order valence-electron chi connectivity index (χ4n) is 1.69. The van der Waals surface area contributed by atoms with Crippen LogP contribution in [0.5, 0.6) is 0 Å². The van der Waals surface area contributed by atoms with Crippen molar-refractivity contribution in [1.29, 1.82) is 0 Å². The SMILES string of the molecule is CC(Cn1cnc2c(N)nc(N)nc21)C(C)(C)C. The van der Waals surface area contributed by atoms with E-state index >= 15 is 0 Å². The van der Waals surface area contributed by atoms with Gasteiger partial charge in [-0.15, -0.1) is 0 Å². The second-order valence-corrected chi connectivity index (χ2v) is 5.80. The van der Waals surface area contributed by atoms with Crippen molar-refractivity contribution in [3.63, 3.8) is 0 Å². The summed E-state index contributed by atoms with van der Waals surface area (Å²) in [6, 6.07) is 0. The number of nitrogens with zero attached hydrogens (tertiary/aromatic N) is 4. The minimum absolute atomic E-state index is 0.185. The van der Waals surface area contributed by atoms with Gasteiger partial charge in [-0.2, -0.15) is 9.97 Å². The van der Waals surface area contributed by atoms with E-state index in [1.165, 1.54) is 0 Å². The van der Waals surface area contributed by atoms with Gasteiger partial charge in [-0.05, 0) is 11.3 Å². The molecule has 1 unspecified atom stereocenters. The van der Waals surface area contributed by atoms with Gasteiger partial charge in [-0.1, -0.05) is 27.7 Å². The van der Waals surface area contributed by atoms with Crippen LogP contribution in [0.3, 0.4) is 0 Å². The Morgan fingerprint density at radius 3 is 2.56 bits per heavy atom. The maximum absolute atomic E-state index is 5.78. The zero-order chi connectivity index (χ0) is 13.5. The molecule has 18 heavy (non-hydrogen) atoms. The molecule has 2 aromatic rings. The summed E-state index contributed by atoms with van der Waals surface area (Å²) in [5.41, 5.74) is 12.9. The molecule has 2 heterocycles. The van der Waals surface area contributed by atoms with Crippen LogP contribution in [0.15, 0.2) is 6.33 Å². The van der Waals surface area contributed by atoms with Gasteiger partial charge >= 0.3 is 0 Å². The van der Waals surface area contributed by atoms with Gasteiger partial charge in [-0.25, -0.2) is 4.98 Å². The van der Waals surface area contributed by atoms with E-state index in [1.807, 2.05) is 4.57 Å². The summed E-state index contributed by atoms with van der Waals surface area (Å²) in [5.74, 6) is 0.997. The Balaban J connectivity index is 2.41. The molecule has 0 aromatic carbocycles. The van der Waals surface area contributed by atoms with Crippen molar-refractivity contribution < 1.29 is 0 Å². The Morgan fingerprint density at radius 2 is 1.94 bits per heavy atom. The van der Waals surface area contributed by atoms with Crippen LogP contribution in [0, 0.1) is 11.3 Å². The molecule has 6 heteroatoms. The molecule has 2 rings (SSSR count). The molecular weight excluding hydrogens is 228 g/mol. The largest absolute Gasteiger partial charge is 0.382 e. The molecule has 0 saturated heterocycles. The van der Waals surface area contributed by atoms with Crippen LogP contribution in [-0.4, -0.2) is 19.5 Å². The number of fused-ring (bicyclic) bond motifs is 1. The van der Waals surface area contributed by atoms with E-state index < -0.39 is 0 Å². The van der Waals surface area contributed by atoms with Crippen molar-refractivity contribution in [2.24, 2.45) is 11.3 Å². The third-order valence-corrected chi connectivity index (χ3v) is 3.46. The third kappa shape index (κ3) is 2.23. The van der Waals surface area contributed by atoms with Crippen LogP contribution in [0.25, 0.3) is 11.2 Å². The Bertz CT molecular complexity index is 566. The van der Waals surface area contributed by atoms with Crippen LogP contribution in [0.4, 0.5) is 11.8 Å². The Hall–Kier alpha value is -1.85. The van der Waals surface area contributed by atoms with Crippen molar-refractivity contribution in [3.8, 4) is 0 Å². The zero-order valence-corrected chi connectivity index (χ0v) is 11.3. The Morgan fingerprint density at radius 1 is 1.28 bits per heavy atom. The van der Waals surface area contributed by atoms with E-state index in [2.05, 4.69) is 42.6 Å². The van der Waals surface area contributed by atoms with Crippen molar-refractivity contribution >= 4 is 22.9 Å². The van der Waals surface area contributed by atoms with Gasteiger partial charge in [0.25, 0.3) is 0 Å². The summed E-state index contributed by atoms with van der Waals surface area (Å²) < 4.78 is 1.99. The van der Waals surface area contributed by atoms with Crippen molar-refractivity contribution in [1.82, 2.24) is 19.5 Å². The average Bonchev–Trinajstić information content (AvgIpc) is 2.60. The van der Waals surface area contributed by atoms with E-state index in [9.17, 15) is 0 Å². The minimum atomic E-state index is 0.185. The summed E-state index contributed by atoms with van der Waals surface area (Å²) in [6.45, 7) is 9.69. The molecule has 0 amide bonds. The molecule has 6 nitrogen and oxygen atoms in total. The first-order valence-electron chi connectivity index (χ1n) is 6.03. The first-order chi connectivity index (χ1) is 8.29. The van der Waals surface area contributed by atoms with Gasteiger partial charge in [-0.3, -0.25) is 0 Å². The molecule has 0 saturated carbocycles. The topological polar surface area (TPSA) is 95.6 Å². The number of aromatic nitrogens is 4. The number of hydrogen-bond donors (Lipinski definition) is 2. The maximum Gasteiger partial charge on any atom is 0.224 e. The monoisotopic (exact) mass is 248 g/mol. The van der Waals surface area contributed by atoms with Crippen LogP contribution in [-0.2, 0) is 6.54 Å². The Kier molecular flexibility index (Phi) is 2.88. The zero-order valence-electron chi connectivity index (χ0n) is 11.3. The minimum Gasteiger partial charge on any atom is -0.382 e. The predicted molar refractivity (Wildman–Crippen MR) is 72.8 cm³/mol. The Labute approximate surface area is 106 Å². The lowest BCUT2D eigenvalue weighted by molar-refractivity contribution is 0.234. The van der Waals surface area contributed by atoms with Crippen molar-refractivity contribution in [2.75, 3.05) is 11.5 Å². The number of nitrogens with two attached hydrogens (primary N) is 2. The van der Waals surface area contributed by atoms with Gasteiger partial charge in [0.1, 0.15) is 5.52 Å². The number of imidazole rings is 1. The molecule has 4 N–H and O–H groups in total. The van der Waals surface area contributed by atoms with Crippen molar-refractivity contribution in [2.45, 2.75) is 34.2 Å². The fourth-order valence-corrected chi connectivity index (χ4v) is 1.69. The second kappa shape index (κ2) is 4.12. The lowest BCUT2D eigenvalue weighted by Gasteiger charge is -2.27. The summed E-state index contributed by atoms with van der Waals surface area (Å²) in [5, 5.41) is 0. The molecule has 0 aliphatic rings. The van der Waals surface area contributed by atoms with E-state index in [4.69, 9.17) is 11.5 Å². The van der Waals surface area contributed by atoms with Gasteiger partial charge in [0.05, 0.1) is 6.33 Å². The highest BCUT2D eigenvalue weighted by molar-refractivity contribution is 5.82. The maximum atomic E-state index is 5.78. The lowest BCUT2D eigenvalue weighted by atomic mass is 9.82. The van der Waals surface area contributed by atoms with Gasteiger partial charge in [0.15, 0.2) is 11.5 Å². The molecule has 0 aliphatic heterocycles. The predicted octanol–water partition coefficient (Wildman–Crippen LogP) is 1.67. The number of rotatable bonds is 2. The van der Waals surface area contributed by atoms with E-state index in [-0.39, 0.29) is 11.4 Å². The smallest absolute Gasteiger partial charge is 0.224 e.